The molecular formula is C13H18N2O. The number of aromatic nitrogens is 1. The second-order valence-corrected chi connectivity index (χ2v) is 4.02. The van der Waals surface area contributed by atoms with Crippen LogP contribution in [0.4, 0.5) is 0 Å². The van der Waals surface area contributed by atoms with Gasteiger partial charge in [-0.25, -0.2) is 0 Å². The summed E-state index contributed by atoms with van der Waals surface area (Å²) in [6.07, 6.45) is 10.2. The molecule has 3 nitrogen and oxygen atoms in total. The van der Waals surface area contributed by atoms with Crippen molar-refractivity contribution in [3.05, 3.63) is 36.2 Å². The minimum absolute atomic E-state index is 0.622. The van der Waals surface area contributed by atoms with Gasteiger partial charge in [-0.1, -0.05) is 12.2 Å². The summed E-state index contributed by atoms with van der Waals surface area (Å²) in [6.45, 7) is 3.46. The number of hydrogen-bond acceptors (Lipinski definition) is 3. The molecule has 16 heavy (non-hydrogen) atoms. The van der Waals surface area contributed by atoms with Crippen molar-refractivity contribution in [2.75, 3.05) is 6.61 Å². The average molecular weight is 218 g/mol. The molecule has 1 fully saturated rings. The van der Waals surface area contributed by atoms with Gasteiger partial charge in [-0.3, -0.25) is 4.98 Å². The van der Waals surface area contributed by atoms with Crippen molar-refractivity contribution in [1.82, 2.24) is 10.3 Å². The van der Waals surface area contributed by atoms with Crippen molar-refractivity contribution >= 4 is 0 Å². The zero-order valence-electron chi connectivity index (χ0n) is 9.65. The lowest BCUT2D eigenvalue weighted by atomic mass is 10.2. The van der Waals surface area contributed by atoms with Gasteiger partial charge in [0.1, 0.15) is 12.4 Å². The average Bonchev–Trinajstić information content (AvgIpc) is 3.12. The number of allylic oxidation sites excluding steroid dienone is 1. The van der Waals surface area contributed by atoms with Gasteiger partial charge in [-0.15, -0.1) is 0 Å². The molecule has 1 N–H and O–H groups in total. The Bertz CT molecular complexity index is 359. The highest BCUT2D eigenvalue weighted by atomic mass is 16.5. The van der Waals surface area contributed by atoms with Crippen LogP contribution in [-0.4, -0.2) is 17.6 Å². The van der Waals surface area contributed by atoms with Crippen molar-refractivity contribution in [1.29, 1.82) is 0 Å². The van der Waals surface area contributed by atoms with Crippen molar-refractivity contribution in [3.63, 3.8) is 0 Å². The number of rotatable bonds is 6. The van der Waals surface area contributed by atoms with Crippen molar-refractivity contribution in [2.45, 2.75) is 32.4 Å². The van der Waals surface area contributed by atoms with Crippen LogP contribution in [0.3, 0.4) is 0 Å². The predicted octanol–water partition coefficient (Wildman–Crippen LogP) is 2.29. The van der Waals surface area contributed by atoms with Crippen LogP contribution in [0, 0.1) is 0 Å². The van der Waals surface area contributed by atoms with Crippen LogP contribution in [0.25, 0.3) is 0 Å². The normalized spacial score (nSPS) is 15.6. The Balaban J connectivity index is 1.92. The molecule has 0 atom stereocenters. The van der Waals surface area contributed by atoms with Crippen LogP contribution < -0.4 is 10.1 Å². The Morgan fingerprint density at radius 2 is 2.44 bits per heavy atom. The maximum absolute atomic E-state index is 5.66. The van der Waals surface area contributed by atoms with E-state index in [-0.39, 0.29) is 0 Å². The smallest absolute Gasteiger partial charge is 0.127 e. The lowest BCUT2D eigenvalue weighted by molar-refractivity contribution is 0.356. The zero-order valence-corrected chi connectivity index (χ0v) is 9.65. The van der Waals surface area contributed by atoms with E-state index in [0.717, 1.165) is 17.9 Å². The quantitative estimate of drug-likeness (QED) is 0.744. The van der Waals surface area contributed by atoms with E-state index in [1.807, 2.05) is 31.3 Å². The van der Waals surface area contributed by atoms with E-state index in [0.29, 0.717) is 12.6 Å². The SMILES string of the molecule is C/C=C/COc1ccncc1CNC1CC1. The third kappa shape index (κ3) is 3.35. The first-order chi connectivity index (χ1) is 7.90. The Hall–Kier alpha value is -1.35. The standard InChI is InChI=1S/C13H18N2O/c1-2-3-8-16-13-6-7-14-9-11(13)10-15-12-4-5-12/h2-3,6-7,9,12,15H,4-5,8,10H2,1H3/b3-2+. The minimum Gasteiger partial charge on any atom is -0.489 e. The van der Waals surface area contributed by atoms with Gasteiger partial charge >= 0.3 is 0 Å². The summed E-state index contributed by atoms with van der Waals surface area (Å²) in [4.78, 5) is 4.13. The number of nitrogens with zero attached hydrogens (tertiary/aromatic N) is 1. The molecular weight excluding hydrogens is 200 g/mol. The van der Waals surface area contributed by atoms with Crippen LogP contribution in [0.15, 0.2) is 30.6 Å². The fraction of sp³-hybridized carbons (Fsp3) is 0.462. The highest BCUT2D eigenvalue weighted by Crippen LogP contribution is 2.21. The van der Waals surface area contributed by atoms with E-state index in [1.54, 1.807) is 6.20 Å². The highest BCUT2D eigenvalue weighted by Gasteiger charge is 2.20. The summed E-state index contributed by atoms with van der Waals surface area (Å²) in [6, 6.07) is 2.64. The molecule has 1 saturated carbocycles. The highest BCUT2D eigenvalue weighted by molar-refractivity contribution is 5.30. The van der Waals surface area contributed by atoms with Crippen LogP contribution in [0.2, 0.25) is 0 Å². The maximum atomic E-state index is 5.66. The summed E-state index contributed by atoms with van der Waals surface area (Å²) in [5.41, 5.74) is 1.14. The predicted molar refractivity (Wildman–Crippen MR) is 64.4 cm³/mol. The Morgan fingerprint density at radius 3 is 3.19 bits per heavy atom. The molecule has 1 heterocycles. The van der Waals surface area contributed by atoms with Gasteiger partial charge in [0, 0.05) is 30.5 Å². The van der Waals surface area contributed by atoms with E-state index in [1.165, 1.54) is 12.8 Å². The van der Waals surface area contributed by atoms with E-state index in [2.05, 4.69) is 10.3 Å². The van der Waals surface area contributed by atoms with Gasteiger partial charge in [-0.2, -0.15) is 0 Å². The second-order valence-electron chi connectivity index (χ2n) is 4.02. The Labute approximate surface area is 96.5 Å². The number of nitrogens with one attached hydrogen (secondary N) is 1. The van der Waals surface area contributed by atoms with Crippen molar-refractivity contribution < 1.29 is 4.74 Å². The lowest BCUT2D eigenvalue weighted by Crippen LogP contribution is -2.16. The third-order valence-electron chi connectivity index (χ3n) is 2.59. The van der Waals surface area contributed by atoms with Crippen molar-refractivity contribution in [3.8, 4) is 5.75 Å². The largest absolute Gasteiger partial charge is 0.489 e. The molecule has 0 unspecified atom stereocenters. The summed E-state index contributed by atoms with van der Waals surface area (Å²) in [7, 11) is 0. The van der Waals surface area contributed by atoms with Crippen molar-refractivity contribution in [2.24, 2.45) is 0 Å². The molecule has 0 radical (unpaired) electrons. The summed E-state index contributed by atoms with van der Waals surface area (Å²) >= 11 is 0. The number of ether oxygens (including phenoxy) is 1. The molecule has 3 heteroatoms. The first-order valence-corrected chi connectivity index (χ1v) is 5.80. The zero-order chi connectivity index (χ0) is 11.2. The molecule has 0 aliphatic heterocycles. The molecule has 1 aliphatic rings. The second kappa shape index (κ2) is 5.66. The fourth-order valence-corrected chi connectivity index (χ4v) is 1.46. The minimum atomic E-state index is 0.622. The molecule has 0 bridgehead atoms. The van der Waals surface area contributed by atoms with Gasteiger partial charge in [0.2, 0.25) is 0 Å². The van der Waals surface area contributed by atoms with E-state index in [9.17, 15) is 0 Å². The monoisotopic (exact) mass is 218 g/mol. The first-order valence-electron chi connectivity index (χ1n) is 5.80. The van der Waals surface area contributed by atoms with E-state index < -0.39 is 0 Å². The number of hydrogen-bond donors (Lipinski definition) is 1. The molecule has 1 aromatic heterocycles. The van der Waals surface area contributed by atoms with Gasteiger partial charge in [0.25, 0.3) is 0 Å². The fourth-order valence-electron chi connectivity index (χ4n) is 1.46. The van der Waals surface area contributed by atoms with Crippen LogP contribution in [-0.2, 0) is 6.54 Å². The third-order valence-corrected chi connectivity index (χ3v) is 2.59. The van der Waals surface area contributed by atoms with Gasteiger partial charge < -0.3 is 10.1 Å². The maximum Gasteiger partial charge on any atom is 0.127 e. The summed E-state index contributed by atoms with van der Waals surface area (Å²) in [5, 5.41) is 3.47. The van der Waals surface area contributed by atoms with E-state index >= 15 is 0 Å². The summed E-state index contributed by atoms with van der Waals surface area (Å²) < 4.78 is 5.66. The molecule has 2 rings (SSSR count). The first kappa shape index (κ1) is 11.1. The van der Waals surface area contributed by atoms with Gasteiger partial charge in [0.15, 0.2) is 0 Å². The van der Waals surface area contributed by atoms with Crippen LogP contribution in [0.1, 0.15) is 25.3 Å². The van der Waals surface area contributed by atoms with Crippen LogP contribution >= 0.6 is 0 Å². The van der Waals surface area contributed by atoms with Gasteiger partial charge in [0.05, 0.1) is 0 Å². The Kier molecular flexibility index (Phi) is 3.94. The molecule has 86 valence electrons. The molecule has 0 saturated heterocycles. The molecule has 1 aromatic rings. The molecule has 0 spiro atoms. The molecule has 0 aromatic carbocycles. The summed E-state index contributed by atoms with van der Waals surface area (Å²) in [5.74, 6) is 0.932. The number of pyridine rings is 1. The topological polar surface area (TPSA) is 34.1 Å². The molecule has 0 amide bonds. The van der Waals surface area contributed by atoms with Crippen LogP contribution in [0.5, 0.6) is 5.75 Å². The molecule has 1 aliphatic carbocycles. The lowest BCUT2D eigenvalue weighted by Gasteiger charge is -2.09. The Morgan fingerprint density at radius 1 is 1.56 bits per heavy atom. The van der Waals surface area contributed by atoms with Gasteiger partial charge in [-0.05, 0) is 25.8 Å². The van der Waals surface area contributed by atoms with E-state index in [4.69, 9.17) is 4.74 Å².